The molecule has 3 heteroatoms. The van der Waals surface area contributed by atoms with Crippen LogP contribution in [0.25, 0.3) is 0 Å². The Kier molecular flexibility index (Phi) is 6.38. The second kappa shape index (κ2) is 7.39. The number of hydrogen-bond acceptors (Lipinski definition) is 2. The van der Waals surface area contributed by atoms with Crippen LogP contribution >= 0.6 is 0 Å². The molecule has 0 heterocycles. The highest BCUT2D eigenvalue weighted by molar-refractivity contribution is 6.74. The Hall–Kier alpha value is -0.903. The fraction of sp³-hybridized carbons (Fsp3) is 0.556. The molecule has 0 aliphatic heterocycles. The summed E-state index contributed by atoms with van der Waals surface area (Å²) in [5.74, 6) is 0. The van der Waals surface area contributed by atoms with Crippen molar-refractivity contribution in [1.29, 1.82) is 0 Å². The highest BCUT2D eigenvalue weighted by Gasteiger charge is 2.39. The van der Waals surface area contributed by atoms with E-state index in [-0.39, 0.29) is 11.1 Å². The molecule has 0 aromatic heterocycles. The van der Waals surface area contributed by atoms with Crippen LogP contribution in [0.4, 0.5) is 0 Å². The normalized spacial score (nSPS) is 15.5. The van der Waals surface area contributed by atoms with Crippen LogP contribution < -0.4 is 0 Å². The molecule has 1 rings (SSSR count). The quantitative estimate of drug-likeness (QED) is 0.562. The molecule has 0 unspecified atom stereocenters. The Morgan fingerprint density at radius 2 is 1.81 bits per heavy atom. The Balaban J connectivity index is 2.95. The molecule has 21 heavy (non-hydrogen) atoms. The van der Waals surface area contributed by atoms with Crippen molar-refractivity contribution in [1.82, 2.24) is 0 Å². The van der Waals surface area contributed by atoms with Crippen molar-refractivity contribution in [3.05, 3.63) is 48.6 Å². The lowest BCUT2D eigenvalue weighted by atomic mass is 10.0. The SMILES string of the molecule is C=CC[C@H](O)C[C@@H](O[Si](C)(C)C(C)(C)C)c1ccccc1. The van der Waals surface area contributed by atoms with Crippen molar-refractivity contribution >= 4 is 8.32 Å². The molecule has 0 spiro atoms. The minimum Gasteiger partial charge on any atom is -0.410 e. The van der Waals surface area contributed by atoms with E-state index in [1.54, 1.807) is 6.08 Å². The lowest BCUT2D eigenvalue weighted by molar-refractivity contribution is 0.0879. The van der Waals surface area contributed by atoms with E-state index < -0.39 is 14.4 Å². The van der Waals surface area contributed by atoms with E-state index in [4.69, 9.17) is 4.43 Å². The zero-order valence-electron chi connectivity index (χ0n) is 14.1. The summed E-state index contributed by atoms with van der Waals surface area (Å²) in [4.78, 5) is 0. The number of aliphatic hydroxyl groups excluding tert-OH is 1. The van der Waals surface area contributed by atoms with Gasteiger partial charge in [-0.3, -0.25) is 0 Å². The van der Waals surface area contributed by atoms with E-state index in [1.807, 2.05) is 18.2 Å². The van der Waals surface area contributed by atoms with Gasteiger partial charge in [0.25, 0.3) is 0 Å². The Morgan fingerprint density at radius 1 is 1.24 bits per heavy atom. The fourth-order valence-corrected chi connectivity index (χ4v) is 3.29. The van der Waals surface area contributed by atoms with E-state index in [9.17, 15) is 5.11 Å². The monoisotopic (exact) mass is 306 g/mol. The molecule has 2 nitrogen and oxygen atoms in total. The largest absolute Gasteiger partial charge is 0.410 e. The van der Waals surface area contributed by atoms with Crippen LogP contribution in [-0.4, -0.2) is 19.5 Å². The Bertz CT molecular complexity index is 434. The summed E-state index contributed by atoms with van der Waals surface area (Å²) in [6.45, 7) is 14.9. The van der Waals surface area contributed by atoms with Gasteiger partial charge in [0.15, 0.2) is 8.32 Å². The van der Waals surface area contributed by atoms with E-state index in [2.05, 4.69) is 52.6 Å². The van der Waals surface area contributed by atoms with Gasteiger partial charge in [0.1, 0.15) is 0 Å². The zero-order chi connectivity index (χ0) is 16.1. The van der Waals surface area contributed by atoms with Gasteiger partial charge in [-0.2, -0.15) is 0 Å². The summed E-state index contributed by atoms with van der Waals surface area (Å²) in [6.07, 6.45) is 2.52. The van der Waals surface area contributed by atoms with Gasteiger partial charge < -0.3 is 9.53 Å². The molecule has 1 aromatic rings. The predicted octanol–water partition coefficient (Wildman–Crippen LogP) is 5.08. The summed E-state index contributed by atoms with van der Waals surface area (Å²) in [6, 6.07) is 10.2. The highest BCUT2D eigenvalue weighted by atomic mass is 28.4. The molecule has 0 saturated carbocycles. The predicted molar refractivity (Wildman–Crippen MR) is 92.9 cm³/mol. The third-order valence-corrected chi connectivity index (χ3v) is 8.83. The van der Waals surface area contributed by atoms with E-state index >= 15 is 0 Å². The van der Waals surface area contributed by atoms with Gasteiger partial charge in [0, 0.05) is 6.42 Å². The van der Waals surface area contributed by atoms with Crippen LogP contribution in [0.1, 0.15) is 45.3 Å². The molecule has 0 bridgehead atoms. The van der Waals surface area contributed by atoms with Crippen LogP contribution in [0.2, 0.25) is 18.1 Å². The van der Waals surface area contributed by atoms with Gasteiger partial charge in [-0.15, -0.1) is 6.58 Å². The molecule has 118 valence electrons. The number of rotatable bonds is 7. The molecule has 2 atom stereocenters. The minimum atomic E-state index is -1.88. The first kappa shape index (κ1) is 18.1. The maximum atomic E-state index is 10.1. The molecule has 0 aliphatic rings. The average Bonchev–Trinajstić information content (AvgIpc) is 2.37. The smallest absolute Gasteiger partial charge is 0.192 e. The molecule has 0 saturated heterocycles. The van der Waals surface area contributed by atoms with Gasteiger partial charge in [0.2, 0.25) is 0 Å². The highest BCUT2D eigenvalue weighted by Crippen LogP contribution is 2.40. The maximum absolute atomic E-state index is 10.1. The lowest BCUT2D eigenvalue weighted by Crippen LogP contribution is -2.42. The third kappa shape index (κ3) is 5.42. The first-order valence-corrected chi connectivity index (χ1v) is 10.6. The molecule has 0 amide bonds. The fourth-order valence-electron chi connectivity index (χ4n) is 1.99. The van der Waals surface area contributed by atoms with Gasteiger partial charge in [-0.1, -0.05) is 57.2 Å². The Labute approximate surface area is 131 Å². The Morgan fingerprint density at radius 3 is 2.29 bits per heavy atom. The molecule has 0 aliphatic carbocycles. The molecular formula is C18H30O2Si. The average molecular weight is 307 g/mol. The van der Waals surface area contributed by atoms with Crippen molar-refractivity contribution in [3.63, 3.8) is 0 Å². The standard InChI is InChI=1S/C18H30O2Si/c1-7-11-16(19)14-17(15-12-9-8-10-13-15)20-21(5,6)18(2,3)4/h7-10,12-13,16-17,19H,1,11,14H2,2-6H3/t16-,17+/m0/s1. The lowest BCUT2D eigenvalue weighted by Gasteiger charge is -2.40. The molecule has 0 radical (unpaired) electrons. The molecule has 0 fully saturated rings. The molecular weight excluding hydrogens is 276 g/mol. The van der Waals surface area contributed by atoms with Gasteiger partial charge in [-0.25, -0.2) is 0 Å². The van der Waals surface area contributed by atoms with Crippen LogP contribution in [0.15, 0.2) is 43.0 Å². The van der Waals surface area contributed by atoms with Crippen LogP contribution in [0, 0.1) is 0 Å². The summed E-state index contributed by atoms with van der Waals surface area (Å²) < 4.78 is 6.55. The van der Waals surface area contributed by atoms with Crippen molar-refractivity contribution < 1.29 is 9.53 Å². The van der Waals surface area contributed by atoms with Crippen LogP contribution in [0.3, 0.4) is 0 Å². The van der Waals surface area contributed by atoms with Crippen molar-refractivity contribution in [3.8, 4) is 0 Å². The molecule has 1 aromatic carbocycles. The summed E-state index contributed by atoms with van der Waals surface area (Å²) in [5.41, 5.74) is 1.14. The number of hydrogen-bond donors (Lipinski definition) is 1. The first-order chi connectivity index (χ1) is 9.67. The number of benzene rings is 1. The summed E-state index contributed by atoms with van der Waals surface area (Å²) in [7, 11) is -1.88. The summed E-state index contributed by atoms with van der Waals surface area (Å²) >= 11 is 0. The second-order valence-corrected chi connectivity index (χ2v) is 11.9. The van der Waals surface area contributed by atoms with Gasteiger partial charge >= 0.3 is 0 Å². The van der Waals surface area contributed by atoms with Gasteiger partial charge in [-0.05, 0) is 30.1 Å². The van der Waals surface area contributed by atoms with E-state index in [1.165, 1.54) is 0 Å². The first-order valence-electron chi connectivity index (χ1n) is 7.69. The van der Waals surface area contributed by atoms with E-state index in [0.29, 0.717) is 12.8 Å². The topological polar surface area (TPSA) is 29.5 Å². The summed E-state index contributed by atoms with van der Waals surface area (Å²) in [5, 5.41) is 10.3. The maximum Gasteiger partial charge on any atom is 0.192 e. The zero-order valence-corrected chi connectivity index (χ0v) is 15.1. The second-order valence-electron chi connectivity index (χ2n) is 7.19. The van der Waals surface area contributed by atoms with Crippen LogP contribution in [0.5, 0.6) is 0 Å². The van der Waals surface area contributed by atoms with Crippen molar-refractivity contribution in [2.75, 3.05) is 0 Å². The third-order valence-electron chi connectivity index (χ3n) is 4.34. The van der Waals surface area contributed by atoms with E-state index in [0.717, 1.165) is 5.56 Å². The minimum absolute atomic E-state index is 0.0537. The van der Waals surface area contributed by atoms with Gasteiger partial charge in [0.05, 0.1) is 12.2 Å². The number of aliphatic hydroxyl groups is 1. The van der Waals surface area contributed by atoms with Crippen molar-refractivity contribution in [2.24, 2.45) is 0 Å². The van der Waals surface area contributed by atoms with Crippen LogP contribution in [-0.2, 0) is 4.43 Å². The van der Waals surface area contributed by atoms with Crippen molar-refractivity contribution in [2.45, 2.75) is 64.0 Å². The molecule has 1 N–H and O–H groups in total.